The molecule has 2 aromatic rings. The van der Waals surface area contributed by atoms with Crippen molar-refractivity contribution in [3.8, 4) is 5.75 Å². The molecule has 106 valence electrons. The number of amides is 1. The molecule has 0 aliphatic heterocycles. The van der Waals surface area contributed by atoms with E-state index >= 15 is 0 Å². The van der Waals surface area contributed by atoms with Crippen molar-refractivity contribution in [3.63, 3.8) is 0 Å². The summed E-state index contributed by atoms with van der Waals surface area (Å²) in [6, 6.07) is 8.92. The van der Waals surface area contributed by atoms with Gasteiger partial charge in [0.15, 0.2) is 12.4 Å². The second-order valence-electron chi connectivity index (χ2n) is 4.52. The molecule has 0 saturated carbocycles. The number of nitrogens with zero attached hydrogens (tertiary/aromatic N) is 1. The van der Waals surface area contributed by atoms with Crippen molar-refractivity contribution in [3.05, 3.63) is 41.7 Å². The fraction of sp³-hybridized carbons (Fsp3) is 0.286. The third kappa shape index (κ3) is 3.83. The van der Waals surface area contributed by atoms with Gasteiger partial charge < -0.3 is 20.3 Å². The standard InChI is InChI=1S/C14H17N3O3/c1-9-7-13(17-20-9)16-14(18)8-19-12-5-3-11(4-6-12)10(2)15/h3-7,10H,8,15H2,1-2H3,(H,16,17,18). The number of ether oxygens (including phenoxy) is 1. The normalized spacial score (nSPS) is 11.9. The summed E-state index contributed by atoms with van der Waals surface area (Å²) in [6.07, 6.45) is 0. The maximum Gasteiger partial charge on any atom is 0.263 e. The molecule has 2 rings (SSSR count). The smallest absolute Gasteiger partial charge is 0.263 e. The molecule has 6 nitrogen and oxygen atoms in total. The minimum atomic E-state index is -0.297. The molecule has 1 aromatic heterocycles. The molecule has 1 amide bonds. The molecule has 0 aliphatic rings. The highest BCUT2D eigenvalue weighted by Gasteiger charge is 2.07. The van der Waals surface area contributed by atoms with Gasteiger partial charge in [0.05, 0.1) is 0 Å². The van der Waals surface area contributed by atoms with Gasteiger partial charge in [-0.15, -0.1) is 0 Å². The van der Waals surface area contributed by atoms with E-state index in [1.54, 1.807) is 25.1 Å². The highest BCUT2D eigenvalue weighted by atomic mass is 16.5. The number of nitrogens with two attached hydrogens (primary N) is 1. The molecule has 1 unspecified atom stereocenters. The number of rotatable bonds is 5. The van der Waals surface area contributed by atoms with Crippen LogP contribution in [0, 0.1) is 6.92 Å². The molecule has 0 spiro atoms. The van der Waals surface area contributed by atoms with Crippen molar-refractivity contribution in [1.82, 2.24) is 5.16 Å². The molecule has 1 aromatic carbocycles. The predicted octanol–water partition coefficient (Wildman–Crippen LogP) is 2.02. The van der Waals surface area contributed by atoms with Gasteiger partial charge in [-0.3, -0.25) is 4.79 Å². The Morgan fingerprint density at radius 3 is 2.70 bits per heavy atom. The van der Waals surface area contributed by atoms with Gasteiger partial charge in [-0.05, 0) is 31.5 Å². The van der Waals surface area contributed by atoms with E-state index in [0.29, 0.717) is 17.3 Å². The van der Waals surface area contributed by atoms with Gasteiger partial charge in [-0.2, -0.15) is 0 Å². The summed E-state index contributed by atoms with van der Waals surface area (Å²) in [5.41, 5.74) is 6.77. The second kappa shape index (κ2) is 6.21. The van der Waals surface area contributed by atoms with Crippen molar-refractivity contribution in [1.29, 1.82) is 0 Å². The average molecular weight is 275 g/mol. The first-order valence-corrected chi connectivity index (χ1v) is 6.26. The number of hydrogen-bond donors (Lipinski definition) is 2. The second-order valence-corrected chi connectivity index (χ2v) is 4.52. The van der Waals surface area contributed by atoms with Crippen molar-refractivity contribution < 1.29 is 14.1 Å². The quantitative estimate of drug-likeness (QED) is 0.871. The summed E-state index contributed by atoms with van der Waals surface area (Å²) in [6.45, 7) is 3.56. The molecule has 6 heteroatoms. The first-order valence-electron chi connectivity index (χ1n) is 6.26. The van der Waals surface area contributed by atoms with E-state index in [1.807, 2.05) is 19.1 Å². The maximum absolute atomic E-state index is 11.6. The number of aromatic nitrogens is 1. The van der Waals surface area contributed by atoms with Gasteiger partial charge in [0.2, 0.25) is 0 Å². The number of benzene rings is 1. The first kappa shape index (κ1) is 14.1. The fourth-order valence-electron chi connectivity index (χ4n) is 1.62. The van der Waals surface area contributed by atoms with Crippen LogP contribution in [0.4, 0.5) is 5.82 Å². The van der Waals surface area contributed by atoms with Crippen molar-refractivity contribution in [2.75, 3.05) is 11.9 Å². The molecule has 0 bridgehead atoms. The Morgan fingerprint density at radius 2 is 2.15 bits per heavy atom. The van der Waals surface area contributed by atoms with Crippen LogP contribution in [-0.2, 0) is 4.79 Å². The summed E-state index contributed by atoms with van der Waals surface area (Å²) in [5, 5.41) is 6.24. The molecule has 3 N–H and O–H groups in total. The zero-order valence-electron chi connectivity index (χ0n) is 11.4. The van der Waals surface area contributed by atoms with Gasteiger partial charge in [-0.1, -0.05) is 17.3 Å². The highest BCUT2D eigenvalue weighted by Crippen LogP contribution is 2.16. The number of anilines is 1. The molecular weight excluding hydrogens is 258 g/mol. The van der Waals surface area contributed by atoms with E-state index in [-0.39, 0.29) is 18.6 Å². The molecule has 0 saturated heterocycles. The summed E-state index contributed by atoms with van der Waals surface area (Å²) >= 11 is 0. The summed E-state index contributed by atoms with van der Waals surface area (Å²) in [7, 11) is 0. The summed E-state index contributed by atoms with van der Waals surface area (Å²) in [4.78, 5) is 11.6. The number of carbonyl (C=O) groups excluding carboxylic acids is 1. The molecule has 1 heterocycles. The van der Waals surface area contributed by atoms with Crippen molar-refractivity contribution >= 4 is 11.7 Å². The SMILES string of the molecule is Cc1cc(NC(=O)COc2ccc(C(C)N)cc2)no1. The zero-order valence-corrected chi connectivity index (χ0v) is 11.4. The molecule has 0 aliphatic carbocycles. The summed E-state index contributed by atoms with van der Waals surface area (Å²) in [5.74, 6) is 1.33. The van der Waals surface area contributed by atoms with Crippen molar-refractivity contribution in [2.24, 2.45) is 5.73 Å². The third-order valence-corrected chi connectivity index (χ3v) is 2.67. The lowest BCUT2D eigenvalue weighted by atomic mass is 10.1. The Morgan fingerprint density at radius 1 is 1.45 bits per heavy atom. The van der Waals surface area contributed by atoms with E-state index in [1.165, 1.54) is 0 Å². The molecule has 0 radical (unpaired) electrons. The monoisotopic (exact) mass is 275 g/mol. The third-order valence-electron chi connectivity index (χ3n) is 2.67. The Kier molecular flexibility index (Phi) is 4.37. The van der Waals surface area contributed by atoms with Gasteiger partial charge in [0.25, 0.3) is 5.91 Å². The van der Waals surface area contributed by atoms with Crippen molar-refractivity contribution in [2.45, 2.75) is 19.9 Å². The number of hydrogen-bond acceptors (Lipinski definition) is 5. The lowest BCUT2D eigenvalue weighted by Gasteiger charge is -2.08. The minimum Gasteiger partial charge on any atom is -0.484 e. The van der Waals surface area contributed by atoms with Crippen LogP contribution in [0.1, 0.15) is 24.3 Å². The van der Waals surface area contributed by atoms with E-state index in [9.17, 15) is 4.79 Å². The molecule has 0 fully saturated rings. The van der Waals surface area contributed by atoms with Crippen LogP contribution in [0.15, 0.2) is 34.9 Å². The van der Waals surface area contributed by atoms with Crippen LogP contribution in [0.25, 0.3) is 0 Å². The zero-order chi connectivity index (χ0) is 14.5. The lowest BCUT2D eigenvalue weighted by molar-refractivity contribution is -0.118. The van der Waals surface area contributed by atoms with E-state index in [0.717, 1.165) is 5.56 Å². The number of carbonyl (C=O) groups is 1. The topological polar surface area (TPSA) is 90.4 Å². The Balaban J connectivity index is 1.83. The minimum absolute atomic E-state index is 0.0252. The van der Waals surface area contributed by atoms with E-state index in [2.05, 4.69) is 10.5 Å². The lowest BCUT2D eigenvalue weighted by Crippen LogP contribution is -2.20. The van der Waals surface area contributed by atoms with Crippen LogP contribution >= 0.6 is 0 Å². The highest BCUT2D eigenvalue weighted by molar-refractivity contribution is 5.90. The van der Waals surface area contributed by atoms with Crippen LogP contribution in [0.2, 0.25) is 0 Å². The summed E-state index contributed by atoms with van der Waals surface area (Å²) < 4.78 is 10.2. The average Bonchev–Trinajstić information content (AvgIpc) is 2.82. The van der Waals surface area contributed by atoms with Crippen LogP contribution < -0.4 is 15.8 Å². The van der Waals surface area contributed by atoms with E-state index in [4.69, 9.17) is 15.0 Å². The molecule has 1 atom stereocenters. The van der Waals surface area contributed by atoms with E-state index < -0.39 is 0 Å². The fourth-order valence-corrected chi connectivity index (χ4v) is 1.62. The van der Waals surface area contributed by atoms with Gasteiger partial charge in [0, 0.05) is 12.1 Å². The van der Waals surface area contributed by atoms with Gasteiger partial charge >= 0.3 is 0 Å². The Hall–Kier alpha value is -2.34. The predicted molar refractivity (Wildman–Crippen MR) is 74.4 cm³/mol. The van der Waals surface area contributed by atoms with Gasteiger partial charge in [0.1, 0.15) is 11.5 Å². The van der Waals surface area contributed by atoms with Crippen LogP contribution in [0.3, 0.4) is 0 Å². The van der Waals surface area contributed by atoms with Crippen LogP contribution in [0.5, 0.6) is 5.75 Å². The molecule has 20 heavy (non-hydrogen) atoms. The van der Waals surface area contributed by atoms with Crippen LogP contribution in [-0.4, -0.2) is 17.7 Å². The Bertz CT molecular complexity index is 576. The maximum atomic E-state index is 11.6. The first-order chi connectivity index (χ1) is 9.54. The number of nitrogens with one attached hydrogen (secondary N) is 1. The largest absolute Gasteiger partial charge is 0.484 e. The molecular formula is C14H17N3O3. The Labute approximate surface area is 116 Å². The number of aryl methyl sites for hydroxylation is 1. The van der Waals surface area contributed by atoms with Gasteiger partial charge in [-0.25, -0.2) is 0 Å².